The molecule has 0 spiro atoms. The molecule has 2 atom stereocenters. The van der Waals surface area contributed by atoms with Crippen LogP contribution in [0.5, 0.6) is 0 Å². The zero-order chi connectivity index (χ0) is 22.1. The molecule has 2 aromatic heterocycles. The van der Waals surface area contributed by atoms with Gasteiger partial charge in [-0.1, -0.05) is 44.5 Å². The van der Waals surface area contributed by atoms with Crippen molar-refractivity contribution in [3.63, 3.8) is 0 Å². The van der Waals surface area contributed by atoms with Crippen molar-refractivity contribution in [2.24, 2.45) is 5.92 Å². The quantitative estimate of drug-likeness (QED) is 0.149. The van der Waals surface area contributed by atoms with Crippen molar-refractivity contribution in [3.05, 3.63) is 41.3 Å². The van der Waals surface area contributed by atoms with Crippen LogP contribution in [-0.4, -0.2) is 33.8 Å². The van der Waals surface area contributed by atoms with Gasteiger partial charge in [0, 0.05) is 24.2 Å². The van der Waals surface area contributed by atoms with Gasteiger partial charge in [0.25, 0.3) is 0 Å². The average Bonchev–Trinajstić information content (AvgIpc) is 3.36. The minimum absolute atomic E-state index is 0.465. The fourth-order valence-electron chi connectivity index (χ4n) is 2.87. The maximum absolute atomic E-state index is 6.21. The second kappa shape index (κ2) is 13.1. The van der Waals surface area contributed by atoms with E-state index in [1.165, 1.54) is 11.3 Å². The molecule has 2 unspecified atom stereocenters. The lowest BCUT2D eigenvalue weighted by atomic mass is 10.2. The number of aryl methyl sites for hydroxylation is 1. The van der Waals surface area contributed by atoms with Gasteiger partial charge in [0.05, 0.1) is 17.7 Å². The van der Waals surface area contributed by atoms with Crippen LogP contribution in [0.1, 0.15) is 33.0 Å². The summed E-state index contributed by atoms with van der Waals surface area (Å²) in [5, 5.41) is 3.92. The summed E-state index contributed by atoms with van der Waals surface area (Å²) in [7, 11) is 0. The number of para-hydroxylation sites is 1. The molecule has 0 bridgehead atoms. The minimum atomic E-state index is 0.465. The van der Waals surface area contributed by atoms with E-state index in [0.29, 0.717) is 11.5 Å². The third-order valence-electron chi connectivity index (χ3n) is 4.37. The van der Waals surface area contributed by atoms with Gasteiger partial charge in [-0.2, -0.15) is 0 Å². The monoisotopic (exact) mass is 578 g/mol. The Morgan fingerprint density at radius 1 is 1.27 bits per heavy atom. The number of anilines is 2. The number of fused-ring (bicyclic) bond motifs is 1. The zero-order valence-corrected chi connectivity index (χ0v) is 22.7. The van der Waals surface area contributed by atoms with Gasteiger partial charge in [0.15, 0.2) is 5.65 Å². The first-order valence-electron chi connectivity index (χ1n) is 9.93. The number of ether oxygens (including phenoxy) is 1. The second-order valence-electron chi connectivity index (χ2n) is 6.54. The highest BCUT2D eigenvalue weighted by molar-refractivity contribution is 14.2. The molecule has 0 amide bonds. The standard InChI is InChI=1S/C14H13ClIN4PS.C5H10O.C2H6/c1-8-17-13-10(7-12(15)19-14(13)20(8)21-16)18-9-5-3-4-6-11(9)22-2;1-5-2-3-6-4-5;1-2/h3-7,21H,1-2H3,(H,18,19);5H,2-4H2,1H3;1-2H3. The molecule has 1 saturated heterocycles. The maximum atomic E-state index is 6.21. The van der Waals surface area contributed by atoms with Crippen molar-refractivity contribution in [3.8, 4) is 0 Å². The SMILES string of the molecule is CC.CC1CCOC1.CSc1ccccc1Nc1cc(Cl)nc2c1nc(C)n2PI. The van der Waals surface area contributed by atoms with Crippen LogP contribution in [0.15, 0.2) is 35.2 Å². The Bertz CT molecular complexity index is 950. The van der Waals surface area contributed by atoms with Crippen molar-refractivity contribution in [2.75, 3.05) is 24.8 Å². The van der Waals surface area contributed by atoms with Crippen molar-refractivity contribution in [1.82, 2.24) is 14.3 Å². The summed E-state index contributed by atoms with van der Waals surface area (Å²) in [5.74, 6) is 1.77. The second-order valence-corrected chi connectivity index (χ2v) is 9.84. The highest BCUT2D eigenvalue weighted by Gasteiger charge is 2.14. The summed E-state index contributed by atoms with van der Waals surface area (Å²) in [5.41, 5.74) is 3.60. The van der Waals surface area contributed by atoms with Crippen molar-refractivity contribution >= 4 is 74.3 Å². The van der Waals surface area contributed by atoms with Crippen molar-refractivity contribution < 1.29 is 4.74 Å². The Labute approximate surface area is 203 Å². The van der Waals surface area contributed by atoms with Gasteiger partial charge in [-0.3, -0.25) is 4.34 Å². The third-order valence-corrected chi connectivity index (χ3v) is 7.51. The lowest BCUT2D eigenvalue weighted by Crippen LogP contribution is -1.95. The van der Waals surface area contributed by atoms with E-state index < -0.39 is 0 Å². The molecule has 1 fully saturated rings. The third kappa shape index (κ3) is 6.70. The van der Waals surface area contributed by atoms with Crippen LogP contribution in [-0.2, 0) is 4.74 Å². The summed E-state index contributed by atoms with van der Waals surface area (Å²) in [6.07, 6.45) is 3.86. The van der Waals surface area contributed by atoms with E-state index in [1.807, 2.05) is 39.0 Å². The largest absolute Gasteiger partial charge is 0.381 e. The molecule has 0 saturated carbocycles. The van der Waals surface area contributed by atoms with E-state index in [-0.39, 0.29) is 0 Å². The highest BCUT2D eigenvalue weighted by Crippen LogP contribution is 2.36. The molecule has 9 heteroatoms. The molecule has 0 radical (unpaired) electrons. The van der Waals surface area contributed by atoms with E-state index >= 15 is 0 Å². The van der Waals surface area contributed by atoms with Gasteiger partial charge in [-0.05, 0) is 59.7 Å². The summed E-state index contributed by atoms with van der Waals surface area (Å²) in [6, 6.07) is 10.0. The van der Waals surface area contributed by atoms with Crippen LogP contribution in [0.4, 0.5) is 11.4 Å². The predicted molar refractivity (Wildman–Crippen MR) is 142 cm³/mol. The molecule has 164 valence electrons. The molecule has 4 rings (SSSR count). The highest BCUT2D eigenvalue weighted by atomic mass is 127. The number of benzene rings is 1. The van der Waals surface area contributed by atoms with Gasteiger partial charge in [-0.15, -0.1) is 11.8 Å². The fraction of sp³-hybridized carbons (Fsp3) is 0.429. The fourth-order valence-corrected chi connectivity index (χ4v) is 5.75. The Kier molecular flexibility index (Phi) is 11.2. The van der Waals surface area contributed by atoms with E-state index in [2.05, 4.69) is 67.0 Å². The van der Waals surface area contributed by atoms with Crippen LogP contribution in [0, 0.1) is 12.8 Å². The van der Waals surface area contributed by atoms with Crippen LogP contribution in [0.3, 0.4) is 0 Å². The minimum Gasteiger partial charge on any atom is -0.381 e. The number of halogens is 2. The van der Waals surface area contributed by atoms with Gasteiger partial charge in [0.2, 0.25) is 0 Å². The number of thioether (sulfide) groups is 1. The van der Waals surface area contributed by atoms with Gasteiger partial charge in [-0.25, -0.2) is 9.97 Å². The van der Waals surface area contributed by atoms with Gasteiger partial charge in [0.1, 0.15) is 16.5 Å². The summed E-state index contributed by atoms with van der Waals surface area (Å²) in [6.45, 7) is 10.2. The lowest BCUT2D eigenvalue weighted by molar-refractivity contribution is 0.188. The van der Waals surface area contributed by atoms with Crippen molar-refractivity contribution in [2.45, 2.75) is 39.0 Å². The van der Waals surface area contributed by atoms with Crippen LogP contribution in [0.25, 0.3) is 11.2 Å². The van der Waals surface area contributed by atoms with Crippen molar-refractivity contribution in [1.29, 1.82) is 0 Å². The number of rotatable bonds is 4. The normalized spacial score (nSPS) is 15.6. The lowest BCUT2D eigenvalue weighted by Gasteiger charge is -2.11. The molecule has 1 aliphatic rings. The number of nitrogens with zero attached hydrogens (tertiary/aromatic N) is 3. The molecular formula is C21H29ClIN4OPS. The number of pyridine rings is 1. The van der Waals surface area contributed by atoms with Crippen LogP contribution >= 0.6 is 51.8 Å². The predicted octanol–water partition coefficient (Wildman–Crippen LogP) is 7.72. The molecule has 1 N–H and O–H groups in total. The molecule has 0 aliphatic carbocycles. The number of aromatic nitrogens is 3. The maximum Gasteiger partial charge on any atom is 0.167 e. The smallest absolute Gasteiger partial charge is 0.167 e. The first-order chi connectivity index (χ1) is 14.5. The van der Waals surface area contributed by atoms with Gasteiger partial charge < -0.3 is 10.1 Å². The Morgan fingerprint density at radius 2 is 2.00 bits per heavy atom. The molecule has 30 heavy (non-hydrogen) atoms. The van der Waals surface area contributed by atoms with E-state index in [4.69, 9.17) is 16.3 Å². The molecule has 1 aromatic carbocycles. The Balaban J connectivity index is 0.000000340. The first-order valence-corrected chi connectivity index (χ1v) is 15.6. The summed E-state index contributed by atoms with van der Waals surface area (Å²) in [4.78, 5) is 10.3. The average molecular weight is 579 g/mol. The molecule has 3 aromatic rings. The van der Waals surface area contributed by atoms with E-state index in [0.717, 1.165) is 47.5 Å². The van der Waals surface area contributed by atoms with Crippen LogP contribution in [0.2, 0.25) is 5.15 Å². The Morgan fingerprint density at radius 3 is 2.57 bits per heavy atom. The summed E-state index contributed by atoms with van der Waals surface area (Å²) < 4.78 is 7.13. The van der Waals surface area contributed by atoms with E-state index in [1.54, 1.807) is 11.8 Å². The molecule has 1 aliphatic heterocycles. The topological polar surface area (TPSA) is 52.0 Å². The number of imidazole rings is 1. The van der Waals surface area contributed by atoms with E-state index in [9.17, 15) is 0 Å². The molecular weight excluding hydrogens is 550 g/mol. The number of nitrogens with one attached hydrogen (secondary N) is 1. The summed E-state index contributed by atoms with van der Waals surface area (Å²) >= 11 is 10.2. The Hall–Kier alpha value is -0.600. The first kappa shape index (κ1) is 25.7. The number of hydrogen-bond donors (Lipinski definition) is 1. The molecule has 3 heterocycles. The number of hydrogen-bond acceptors (Lipinski definition) is 5. The molecule has 5 nitrogen and oxygen atoms in total. The van der Waals surface area contributed by atoms with Gasteiger partial charge >= 0.3 is 0 Å². The van der Waals surface area contributed by atoms with Crippen LogP contribution < -0.4 is 5.32 Å². The zero-order valence-electron chi connectivity index (χ0n) is 18.0.